The highest BCUT2D eigenvalue weighted by molar-refractivity contribution is 5.94. The van der Waals surface area contributed by atoms with Gasteiger partial charge in [-0.05, 0) is 26.3 Å². The number of aryl methyl sites for hydroxylation is 2. The SMILES string of the molecule is CCN1C[C@@]2(C(=O)O)CN(C(=O)CCc3n[nH]c(C)c3C)C[C@H]2C1=O. The lowest BCUT2D eigenvalue weighted by Crippen LogP contribution is -2.42. The quantitative estimate of drug-likeness (QED) is 0.798. The van der Waals surface area contributed by atoms with E-state index in [1.165, 1.54) is 0 Å². The lowest BCUT2D eigenvalue weighted by Gasteiger charge is -2.24. The van der Waals surface area contributed by atoms with Gasteiger partial charge in [-0.2, -0.15) is 5.10 Å². The number of fused-ring (bicyclic) bond motifs is 1. The Bertz CT molecular complexity index is 728. The van der Waals surface area contributed by atoms with Gasteiger partial charge in [0, 0.05) is 44.7 Å². The van der Waals surface area contributed by atoms with Gasteiger partial charge < -0.3 is 14.9 Å². The molecule has 0 saturated carbocycles. The number of nitrogens with one attached hydrogen (secondary N) is 1. The maximum atomic E-state index is 12.6. The van der Waals surface area contributed by atoms with Gasteiger partial charge in [0.15, 0.2) is 0 Å². The number of carbonyl (C=O) groups excluding carboxylic acids is 2. The van der Waals surface area contributed by atoms with Gasteiger partial charge in [-0.25, -0.2) is 0 Å². The molecule has 2 atom stereocenters. The van der Waals surface area contributed by atoms with Crippen molar-refractivity contribution >= 4 is 17.8 Å². The average molecular weight is 348 g/mol. The van der Waals surface area contributed by atoms with E-state index < -0.39 is 17.3 Å². The smallest absolute Gasteiger partial charge is 0.314 e. The van der Waals surface area contributed by atoms with Gasteiger partial charge in [0.1, 0.15) is 5.41 Å². The number of aliphatic carboxylic acids is 1. The zero-order valence-corrected chi connectivity index (χ0v) is 14.8. The van der Waals surface area contributed by atoms with Crippen LogP contribution in [0.15, 0.2) is 0 Å². The molecule has 136 valence electrons. The minimum absolute atomic E-state index is 0.104. The van der Waals surface area contributed by atoms with Crippen molar-refractivity contribution in [2.45, 2.75) is 33.6 Å². The molecular formula is C17H24N4O4. The first kappa shape index (κ1) is 17.4. The Balaban J connectivity index is 1.69. The van der Waals surface area contributed by atoms with Crippen LogP contribution in [0.3, 0.4) is 0 Å². The lowest BCUT2D eigenvalue weighted by molar-refractivity contribution is -0.150. The Labute approximate surface area is 146 Å². The fraction of sp³-hybridized carbons (Fsp3) is 0.647. The molecule has 2 saturated heterocycles. The van der Waals surface area contributed by atoms with Gasteiger partial charge in [-0.1, -0.05) is 0 Å². The van der Waals surface area contributed by atoms with Crippen LogP contribution in [0.5, 0.6) is 0 Å². The topological polar surface area (TPSA) is 107 Å². The van der Waals surface area contributed by atoms with Crippen molar-refractivity contribution in [2.75, 3.05) is 26.2 Å². The number of H-pyrrole nitrogens is 1. The van der Waals surface area contributed by atoms with Crippen molar-refractivity contribution < 1.29 is 19.5 Å². The van der Waals surface area contributed by atoms with Crippen LogP contribution in [0.4, 0.5) is 0 Å². The predicted molar refractivity (Wildman–Crippen MR) is 88.8 cm³/mol. The molecule has 3 rings (SSSR count). The molecule has 0 radical (unpaired) electrons. The second-order valence-electron chi connectivity index (χ2n) is 7.06. The summed E-state index contributed by atoms with van der Waals surface area (Å²) in [7, 11) is 0. The second kappa shape index (κ2) is 6.16. The molecule has 0 bridgehead atoms. The van der Waals surface area contributed by atoms with Crippen LogP contribution in [0.25, 0.3) is 0 Å². The zero-order chi connectivity index (χ0) is 18.4. The summed E-state index contributed by atoms with van der Waals surface area (Å²) in [5, 5.41) is 16.8. The molecule has 3 heterocycles. The summed E-state index contributed by atoms with van der Waals surface area (Å²) in [5.74, 6) is -1.90. The number of amides is 2. The third-order valence-corrected chi connectivity index (χ3v) is 5.72. The van der Waals surface area contributed by atoms with Crippen molar-refractivity contribution in [1.29, 1.82) is 0 Å². The van der Waals surface area contributed by atoms with Crippen LogP contribution < -0.4 is 0 Å². The Morgan fingerprint density at radius 3 is 2.60 bits per heavy atom. The number of hydrogen-bond acceptors (Lipinski definition) is 4. The molecule has 2 N–H and O–H groups in total. The first-order chi connectivity index (χ1) is 11.8. The first-order valence-electron chi connectivity index (χ1n) is 8.60. The van der Waals surface area contributed by atoms with E-state index in [1.54, 1.807) is 9.80 Å². The molecule has 2 aliphatic heterocycles. The molecule has 1 aromatic heterocycles. The Morgan fingerprint density at radius 1 is 1.36 bits per heavy atom. The number of likely N-dealkylation sites (tertiary alicyclic amines) is 2. The number of carboxylic acid groups (broad SMARTS) is 1. The molecule has 8 nitrogen and oxygen atoms in total. The van der Waals surface area contributed by atoms with E-state index in [2.05, 4.69) is 10.2 Å². The van der Waals surface area contributed by atoms with E-state index in [4.69, 9.17) is 0 Å². The van der Waals surface area contributed by atoms with Gasteiger partial charge in [0.2, 0.25) is 11.8 Å². The van der Waals surface area contributed by atoms with Gasteiger partial charge >= 0.3 is 5.97 Å². The zero-order valence-electron chi connectivity index (χ0n) is 14.8. The highest BCUT2D eigenvalue weighted by Crippen LogP contribution is 2.43. The fourth-order valence-corrected chi connectivity index (χ4v) is 3.93. The molecule has 0 aromatic carbocycles. The first-order valence-corrected chi connectivity index (χ1v) is 8.60. The van der Waals surface area contributed by atoms with Crippen molar-refractivity contribution in [3.8, 4) is 0 Å². The third-order valence-electron chi connectivity index (χ3n) is 5.72. The number of hydrogen-bond donors (Lipinski definition) is 2. The van der Waals surface area contributed by atoms with Crippen molar-refractivity contribution in [3.63, 3.8) is 0 Å². The number of rotatable bonds is 5. The van der Waals surface area contributed by atoms with Gasteiger partial charge in [0.05, 0.1) is 11.6 Å². The molecule has 2 fully saturated rings. The third kappa shape index (κ3) is 2.69. The van der Waals surface area contributed by atoms with Gasteiger partial charge in [0.25, 0.3) is 0 Å². The number of aromatic nitrogens is 2. The molecule has 1 aromatic rings. The summed E-state index contributed by atoms with van der Waals surface area (Å²) in [6.07, 6.45) is 0.768. The highest BCUT2D eigenvalue weighted by Gasteiger charge is 2.62. The van der Waals surface area contributed by atoms with Gasteiger partial charge in [-0.15, -0.1) is 0 Å². The molecule has 2 aliphatic rings. The molecule has 2 amide bonds. The van der Waals surface area contributed by atoms with E-state index in [-0.39, 0.29) is 37.9 Å². The summed E-state index contributed by atoms with van der Waals surface area (Å²) in [6, 6.07) is 0. The van der Waals surface area contributed by atoms with Crippen molar-refractivity contribution in [3.05, 3.63) is 17.0 Å². The molecule has 0 aliphatic carbocycles. The Hall–Kier alpha value is -2.38. The normalized spacial score (nSPS) is 25.6. The van der Waals surface area contributed by atoms with E-state index in [0.29, 0.717) is 13.0 Å². The summed E-state index contributed by atoms with van der Waals surface area (Å²) >= 11 is 0. The van der Waals surface area contributed by atoms with Gasteiger partial charge in [-0.3, -0.25) is 19.5 Å². The standard InChI is InChI=1S/C17H24N4O4/c1-4-20-8-17(16(24)25)9-21(7-12(17)15(20)23)14(22)6-5-13-10(2)11(3)18-19-13/h12H,4-9H2,1-3H3,(H,18,19)(H,24,25)/t12-,17+/m0/s1. The van der Waals surface area contributed by atoms with E-state index in [9.17, 15) is 19.5 Å². The van der Waals surface area contributed by atoms with Crippen LogP contribution in [0, 0.1) is 25.2 Å². The largest absolute Gasteiger partial charge is 0.481 e. The Morgan fingerprint density at radius 2 is 2.08 bits per heavy atom. The molecule has 0 spiro atoms. The maximum Gasteiger partial charge on any atom is 0.314 e. The van der Waals surface area contributed by atoms with Crippen LogP contribution in [-0.2, 0) is 20.8 Å². The summed E-state index contributed by atoms with van der Waals surface area (Å²) < 4.78 is 0. The number of carboxylic acids is 1. The number of carbonyl (C=O) groups is 3. The van der Waals surface area contributed by atoms with E-state index in [1.807, 2.05) is 20.8 Å². The van der Waals surface area contributed by atoms with Crippen molar-refractivity contribution in [1.82, 2.24) is 20.0 Å². The predicted octanol–water partition coefficient (Wildman–Crippen LogP) is 0.351. The number of aromatic amines is 1. The van der Waals surface area contributed by atoms with Crippen LogP contribution in [0.1, 0.15) is 30.3 Å². The molecule has 0 unspecified atom stereocenters. The van der Waals surface area contributed by atoms with Crippen LogP contribution >= 0.6 is 0 Å². The highest BCUT2D eigenvalue weighted by atomic mass is 16.4. The second-order valence-corrected chi connectivity index (χ2v) is 7.06. The number of nitrogens with zero attached hydrogens (tertiary/aromatic N) is 3. The lowest BCUT2D eigenvalue weighted by atomic mass is 9.81. The molecular weight excluding hydrogens is 324 g/mol. The Kier molecular flexibility index (Phi) is 4.30. The molecule has 8 heteroatoms. The average Bonchev–Trinajstić information content (AvgIpc) is 3.20. The minimum Gasteiger partial charge on any atom is -0.481 e. The van der Waals surface area contributed by atoms with E-state index in [0.717, 1.165) is 17.0 Å². The van der Waals surface area contributed by atoms with Crippen LogP contribution in [-0.4, -0.2) is 69.1 Å². The molecule has 25 heavy (non-hydrogen) atoms. The summed E-state index contributed by atoms with van der Waals surface area (Å²) in [6.45, 7) is 6.70. The van der Waals surface area contributed by atoms with E-state index >= 15 is 0 Å². The summed E-state index contributed by atoms with van der Waals surface area (Å²) in [4.78, 5) is 40.0. The monoisotopic (exact) mass is 348 g/mol. The maximum absolute atomic E-state index is 12.6. The van der Waals surface area contributed by atoms with Crippen LogP contribution in [0.2, 0.25) is 0 Å². The summed E-state index contributed by atoms with van der Waals surface area (Å²) in [5.41, 5.74) is 1.71. The minimum atomic E-state index is -1.17. The van der Waals surface area contributed by atoms with Crippen molar-refractivity contribution in [2.24, 2.45) is 11.3 Å². The fourth-order valence-electron chi connectivity index (χ4n) is 3.93.